The maximum absolute atomic E-state index is 13.8. The van der Waals surface area contributed by atoms with Crippen molar-refractivity contribution in [3.63, 3.8) is 0 Å². The van der Waals surface area contributed by atoms with Gasteiger partial charge >= 0.3 is 6.03 Å². The zero-order valence-corrected chi connectivity index (χ0v) is 30.6. The minimum atomic E-state index is -3.93. The smallest absolute Gasteiger partial charge is 0.323 e. The van der Waals surface area contributed by atoms with Crippen molar-refractivity contribution in [2.45, 2.75) is 63.0 Å². The highest BCUT2D eigenvalue weighted by molar-refractivity contribution is 7.89. The van der Waals surface area contributed by atoms with E-state index >= 15 is 0 Å². The zero-order chi connectivity index (χ0) is 36.8. The van der Waals surface area contributed by atoms with Crippen molar-refractivity contribution in [1.82, 2.24) is 9.21 Å². The first-order chi connectivity index (χ1) is 25.0. The van der Waals surface area contributed by atoms with E-state index in [0.717, 1.165) is 36.9 Å². The second kappa shape index (κ2) is 16.2. The Morgan fingerprint density at radius 1 is 0.962 bits per heavy atom. The van der Waals surface area contributed by atoms with Crippen molar-refractivity contribution in [3.05, 3.63) is 108 Å². The van der Waals surface area contributed by atoms with Crippen LogP contribution < -0.4 is 20.1 Å². The molecule has 3 atom stereocenters. The second-order valence-corrected chi connectivity index (χ2v) is 15.7. The summed E-state index contributed by atoms with van der Waals surface area (Å²) in [5.74, 6) is 1.03. The number of aliphatic hydroxyl groups is 1. The normalized spacial score (nSPS) is 18.2. The van der Waals surface area contributed by atoms with Crippen molar-refractivity contribution < 1.29 is 32.6 Å². The average molecular weight is 727 g/mol. The van der Waals surface area contributed by atoms with Crippen molar-refractivity contribution >= 4 is 33.3 Å². The first-order valence-corrected chi connectivity index (χ1v) is 19.1. The Kier molecular flexibility index (Phi) is 11.5. The van der Waals surface area contributed by atoms with E-state index < -0.39 is 28.2 Å². The number of nitrogens with zero attached hydrogens (tertiary/aromatic N) is 2. The summed E-state index contributed by atoms with van der Waals surface area (Å²) in [5, 5.41) is 15.9. The number of amides is 3. The van der Waals surface area contributed by atoms with Crippen LogP contribution in [0.25, 0.3) is 0 Å². The lowest BCUT2D eigenvalue weighted by Gasteiger charge is -2.33. The van der Waals surface area contributed by atoms with Crippen LogP contribution in [0.3, 0.4) is 0 Å². The maximum Gasteiger partial charge on any atom is 0.323 e. The molecule has 0 saturated heterocycles. The molecule has 4 aromatic rings. The molecule has 0 radical (unpaired) electrons. The average Bonchev–Trinajstić information content (AvgIpc) is 3.19. The Morgan fingerprint density at radius 3 is 2.44 bits per heavy atom. The fourth-order valence-electron chi connectivity index (χ4n) is 6.74. The summed E-state index contributed by atoms with van der Waals surface area (Å²) in [7, 11) is -2.43. The number of aryl methyl sites for hydroxylation is 1. The molecule has 12 heteroatoms. The molecular weight excluding hydrogens is 681 g/mol. The summed E-state index contributed by atoms with van der Waals surface area (Å²) in [4.78, 5) is 28.6. The van der Waals surface area contributed by atoms with Crippen LogP contribution in [0.4, 0.5) is 16.2 Å². The lowest BCUT2D eigenvalue weighted by Crippen LogP contribution is -2.48. The Hall–Kier alpha value is -4.91. The molecule has 1 heterocycles. The number of benzene rings is 4. The molecule has 1 aliphatic carbocycles. The molecule has 2 aliphatic rings. The minimum absolute atomic E-state index is 0.00938. The van der Waals surface area contributed by atoms with Gasteiger partial charge in [-0.1, -0.05) is 37.3 Å². The third kappa shape index (κ3) is 8.58. The molecule has 0 saturated carbocycles. The number of urea groups is 1. The number of sulfonamides is 1. The fraction of sp³-hybridized carbons (Fsp3) is 0.350. The number of para-hydroxylation sites is 1. The largest absolute Gasteiger partial charge is 0.488 e. The molecule has 3 amide bonds. The van der Waals surface area contributed by atoms with Crippen LogP contribution in [0.5, 0.6) is 17.2 Å². The van der Waals surface area contributed by atoms with E-state index in [1.807, 2.05) is 49.4 Å². The molecule has 6 rings (SSSR count). The van der Waals surface area contributed by atoms with Crippen LogP contribution in [-0.2, 0) is 34.1 Å². The minimum Gasteiger partial charge on any atom is -0.488 e. The van der Waals surface area contributed by atoms with Gasteiger partial charge in [0.15, 0.2) is 0 Å². The predicted octanol–water partition coefficient (Wildman–Crippen LogP) is 6.47. The summed E-state index contributed by atoms with van der Waals surface area (Å²) in [5.41, 5.74) is 4.22. The summed E-state index contributed by atoms with van der Waals surface area (Å²) >= 11 is 0. The van der Waals surface area contributed by atoms with E-state index in [1.165, 1.54) is 29.0 Å². The highest BCUT2D eigenvalue weighted by atomic mass is 32.2. The molecule has 4 aromatic carbocycles. The number of carbonyl (C=O) groups is 2. The van der Waals surface area contributed by atoms with Gasteiger partial charge in [0.1, 0.15) is 23.4 Å². The van der Waals surface area contributed by atoms with Crippen LogP contribution in [0.2, 0.25) is 0 Å². The van der Waals surface area contributed by atoms with Crippen molar-refractivity contribution in [3.8, 4) is 17.2 Å². The summed E-state index contributed by atoms with van der Waals surface area (Å²) < 4.78 is 41.2. The van der Waals surface area contributed by atoms with Crippen LogP contribution >= 0.6 is 0 Å². The van der Waals surface area contributed by atoms with E-state index in [1.54, 1.807) is 42.2 Å². The fourth-order valence-corrected chi connectivity index (χ4v) is 7.93. The molecule has 274 valence electrons. The Balaban J connectivity index is 1.21. The van der Waals surface area contributed by atoms with Gasteiger partial charge in [0.05, 0.1) is 30.5 Å². The third-order valence-corrected chi connectivity index (χ3v) is 11.6. The van der Waals surface area contributed by atoms with Gasteiger partial charge < -0.3 is 30.1 Å². The zero-order valence-electron chi connectivity index (χ0n) is 29.7. The predicted molar refractivity (Wildman–Crippen MR) is 200 cm³/mol. The number of hydrogen-bond donors (Lipinski definition) is 3. The molecule has 0 aromatic heterocycles. The van der Waals surface area contributed by atoms with E-state index in [2.05, 4.69) is 16.7 Å². The quantitative estimate of drug-likeness (QED) is 0.170. The molecule has 0 bridgehead atoms. The molecule has 1 aliphatic heterocycles. The highest BCUT2D eigenvalue weighted by Gasteiger charge is 2.33. The number of ether oxygens (including phenoxy) is 2. The van der Waals surface area contributed by atoms with Crippen LogP contribution in [0.15, 0.2) is 95.9 Å². The molecule has 3 N–H and O–H groups in total. The highest BCUT2D eigenvalue weighted by Crippen LogP contribution is 2.32. The van der Waals surface area contributed by atoms with Gasteiger partial charge in [-0.05, 0) is 104 Å². The van der Waals surface area contributed by atoms with E-state index in [4.69, 9.17) is 9.47 Å². The Morgan fingerprint density at radius 2 is 1.69 bits per heavy atom. The third-order valence-electron chi connectivity index (χ3n) is 9.77. The van der Waals surface area contributed by atoms with Gasteiger partial charge in [-0.25, -0.2) is 13.2 Å². The first-order valence-electron chi connectivity index (χ1n) is 17.7. The number of rotatable bonds is 10. The maximum atomic E-state index is 13.8. The van der Waals surface area contributed by atoms with Crippen LogP contribution in [-0.4, -0.2) is 73.6 Å². The molecule has 0 fully saturated rings. The van der Waals surface area contributed by atoms with Gasteiger partial charge in [0.2, 0.25) is 15.9 Å². The summed E-state index contributed by atoms with van der Waals surface area (Å²) in [6.45, 7) is 3.67. The van der Waals surface area contributed by atoms with E-state index in [9.17, 15) is 23.1 Å². The van der Waals surface area contributed by atoms with Crippen molar-refractivity contribution in [2.75, 3.05) is 37.4 Å². The van der Waals surface area contributed by atoms with Crippen LogP contribution in [0, 0.1) is 5.92 Å². The van der Waals surface area contributed by atoms with Gasteiger partial charge in [-0.2, -0.15) is 4.31 Å². The summed E-state index contributed by atoms with van der Waals surface area (Å²) in [6, 6.07) is 25.7. The second-order valence-electron chi connectivity index (χ2n) is 13.6. The van der Waals surface area contributed by atoms with E-state index in [-0.39, 0.29) is 42.8 Å². The molecule has 52 heavy (non-hydrogen) atoms. The monoisotopic (exact) mass is 726 g/mol. The Bertz CT molecular complexity index is 1990. The lowest BCUT2D eigenvalue weighted by molar-refractivity contribution is -0.134. The van der Waals surface area contributed by atoms with Gasteiger partial charge in [-0.15, -0.1) is 0 Å². The topological polar surface area (TPSA) is 138 Å². The summed E-state index contributed by atoms with van der Waals surface area (Å²) in [6.07, 6.45) is 3.43. The number of fused-ring (bicyclic) bond motifs is 2. The number of anilines is 2. The lowest BCUT2D eigenvalue weighted by atomic mass is 9.90. The SMILES string of the molecule is C[C@H]1CN([C@@H](C)CO)C(=O)Cc2cc(NC(=O)Nc3cccc4c3CCCC4)ccc2O[C@H]1CN(C)S(=O)(=O)c1ccc(Oc2ccccc2)cc1. The van der Waals surface area contributed by atoms with E-state index in [0.29, 0.717) is 28.5 Å². The molecular formula is C40H46N4O7S. The number of aliphatic hydroxyl groups excluding tert-OH is 1. The first kappa shape index (κ1) is 36.9. The standard InChI is InChI=1S/C40H46N4O7S/c1-27-24-44(28(2)26-45)39(46)23-30-22-31(41-40(47)42-36-15-9-11-29-10-7-8-14-35(29)36)16-21-37(30)51-38(27)25-43(3)52(48,49)34-19-17-33(18-20-34)50-32-12-5-4-6-13-32/h4-6,9,11-13,15-22,27-28,38,45H,7-8,10,14,23-26H2,1-3H3,(H2,41,42,47)/t27-,28-,38-/m0/s1. The van der Waals surface area contributed by atoms with Gasteiger partial charge in [-0.3, -0.25) is 4.79 Å². The van der Waals surface area contributed by atoms with Crippen molar-refractivity contribution in [2.24, 2.45) is 5.92 Å². The van der Waals surface area contributed by atoms with Crippen molar-refractivity contribution in [1.29, 1.82) is 0 Å². The molecule has 0 spiro atoms. The molecule has 11 nitrogen and oxygen atoms in total. The molecule has 0 unspecified atom stereocenters. The number of carbonyl (C=O) groups excluding carboxylic acids is 2. The number of hydrogen-bond acceptors (Lipinski definition) is 7. The van der Waals surface area contributed by atoms with Gasteiger partial charge in [0, 0.05) is 36.4 Å². The number of likely N-dealkylation sites (N-methyl/N-ethyl adjacent to an activating group) is 1. The van der Waals surface area contributed by atoms with Crippen LogP contribution in [0.1, 0.15) is 43.4 Å². The van der Waals surface area contributed by atoms with Gasteiger partial charge in [0.25, 0.3) is 0 Å². The Labute approximate surface area is 305 Å². The number of nitrogens with one attached hydrogen (secondary N) is 2.